The third-order valence-corrected chi connectivity index (χ3v) is 6.37. The van der Waals surface area contributed by atoms with Crippen LogP contribution in [-0.4, -0.2) is 18.4 Å². The molecule has 2 heterocycles. The molecule has 6 nitrogen and oxygen atoms in total. The topological polar surface area (TPSA) is 78.4 Å². The first kappa shape index (κ1) is 22.5. The highest BCUT2D eigenvalue weighted by Gasteiger charge is 2.14. The molecule has 7 heteroatoms. The minimum absolute atomic E-state index is 0.106. The molecule has 0 spiro atoms. The predicted molar refractivity (Wildman–Crippen MR) is 126 cm³/mol. The van der Waals surface area contributed by atoms with Gasteiger partial charge in [-0.1, -0.05) is 72.8 Å². The summed E-state index contributed by atoms with van der Waals surface area (Å²) in [6, 6.07) is 26.4. The molecule has 0 bridgehead atoms. The molecule has 0 saturated heterocycles. The summed E-state index contributed by atoms with van der Waals surface area (Å²) in [5, 5.41) is 0. The minimum atomic E-state index is -3.39. The summed E-state index contributed by atoms with van der Waals surface area (Å²) in [5.41, 5.74) is 3.29. The van der Waals surface area contributed by atoms with Crippen LogP contribution in [0.5, 0.6) is 11.8 Å². The molecule has 0 aliphatic rings. The summed E-state index contributed by atoms with van der Waals surface area (Å²) in [4.78, 5) is 8.45. The maximum Gasteiger partial charge on any atom is 0.213 e. The zero-order valence-corrected chi connectivity index (χ0v) is 18.8. The van der Waals surface area contributed by atoms with Crippen molar-refractivity contribution in [2.24, 2.45) is 0 Å². The fourth-order valence-electron chi connectivity index (χ4n) is 3.19. The lowest BCUT2D eigenvalue weighted by atomic mass is 10.2. The van der Waals surface area contributed by atoms with Crippen molar-refractivity contribution in [3.8, 4) is 11.8 Å². The Hall–Kier alpha value is -3.71. The van der Waals surface area contributed by atoms with Crippen molar-refractivity contribution >= 4 is 9.84 Å². The van der Waals surface area contributed by atoms with Gasteiger partial charge in [0.05, 0.1) is 11.5 Å². The van der Waals surface area contributed by atoms with Crippen LogP contribution >= 0.6 is 0 Å². The molecule has 0 aliphatic heterocycles. The number of benzene rings is 2. The molecule has 4 aromatic rings. The number of pyridine rings is 2. The van der Waals surface area contributed by atoms with Crippen molar-refractivity contribution in [2.45, 2.75) is 24.7 Å². The van der Waals surface area contributed by atoms with Gasteiger partial charge in [0.2, 0.25) is 11.8 Å². The van der Waals surface area contributed by atoms with E-state index in [1.54, 1.807) is 24.3 Å². The molecule has 0 atom stereocenters. The molecule has 168 valence electrons. The molecule has 0 radical (unpaired) electrons. The zero-order chi connectivity index (χ0) is 22.9. The van der Waals surface area contributed by atoms with Crippen LogP contribution in [0, 0.1) is 0 Å². The molecule has 33 heavy (non-hydrogen) atoms. The Bertz CT molecular complexity index is 1150. The molecule has 2 aromatic carbocycles. The van der Waals surface area contributed by atoms with E-state index in [0.29, 0.717) is 36.1 Å². The molecular weight excluding hydrogens is 436 g/mol. The van der Waals surface area contributed by atoms with Gasteiger partial charge < -0.3 is 9.47 Å². The maximum absolute atomic E-state index is 12.6. The van der Waals surface area contributed by atoms with E-state index in [0.717, 1.165) is 11.1 Å². The zero-order valence-electron chi connectivity index (χ0n) is 18.0. The summed E-state index contributed by atoms with van der Waals surface area (Å²) < 4.78 is 36.6. The molecule has 4 rings (SSSR count). The molecule has 0 amide bonds. The van der Waals surface area contributed by atoms with Gasteiger partial charge in [-0.25, -0.2) is 18.4 Å². The van der Waals surface area contributed by atoms with Gasteiger partial charge in [0.15, 0.2) is 9.84 Å². The van der Waals surface area contributed by atoms with E-state index >= 15 is 0 Å². The highest BCUT2D eigenvalue weighted by Crippen LogP contribution is 2.17. The van der Waals surface area contributed by atoms with Crippen molar-refractivity contribution < 1.29 is 17.9 Å². The van der Waals surface area contributed by atoms with Gasteiger partial charge in [0.1, 0.15) is 13.2 Å². The minimum Gasteiger partial charge on any atom is -0.473 e. The van der Waals surface area contributed by atoms with Crippen LogP contribution in [0.3, 0.4) is 0 Å². The van der Waals surface area contributed by atoms with Gasteiger partial charge in [-0.05, 0) is 22.3 Å². The van der Waals surface area contributed by atoms with E-state index in [-0.39, 0.29) is 11.5 Å². The number of hydrogen-bond donors (Lipinski definition) is 0. The van der Waals surface area contributed by atoms with Crippen molar-refractivity contribution in [3.05, 3.63) is 120 Å². The number of hydrogen-bond acceptors (Lipinski definition) is 6. The number of aromatic nitrogens is 2. The number of nitrogens with zero attached hydrogens (tertiary/aromatic N) is 2. The monoisotopic (exact) mass is 460 g/mol. The third kappa shape index (κ3) is 7.15. The van der Waals surface area contributed by atoms with E-state index in [2.05, 4.69) is 9.97 Å². The molecule has 2 aromatic heterocycles. The average molecular weight is 461 g/mol. The van der Waals surface area contributed by atoms with Crippen LogP contribution < -0.4 is 9.47 Å². The fourth-order valence-corrected chi connectivity index (χ4v) is 4.64. The highest BCUT2D eigenvalue weighted by molar-refractivity contribution is 7.89. The summed E-state index contributed by atoms with van der Waals surface area (Å²) in [7, 11) is -3.39. The van der Waals surface area contributed by atoms with Gasteiger partial charge >= 0.3 is 0 Å². The summed E-state index contributed by atoms with van der Waals surface area (Å²) >= 11 is 0. The lowest BCUT2D eigenvalue weighted by molar-refractivity contribution is 0.293. The first-order valence-electron chi connectivity index (χ1n) is 10.5. The Labute approximate surface area is 193 Å². The van der Waals surface area contributed by atoms with Gasteiger partial charge in [0, 0.05) is 24.5 Å². The van der Waals surface area contributed by atoms with E-state index in [9.17, 15) is 8.42 Å². The number of rotatable bonds is 10. The number of sulfone groups is 1. The predicted octanol–water partition coefficient (Wildman–Crippen LogP) is 4.75. The van der Waals surface area contributed by atoms with E-state index in [1.807, 2.05) is 60.7 Å². The number of ether oxygens (including phenoxy) is 2. The highest BCUT2D eigenvalue weighted by atomic mass is 32.2. The second kappa shape index (κ2) is 10.7. The van der Waals surface area contributed by atoms with Crippen molar-refractivity contribution in [1.29, 1.82) is 0 Å². The van der Waals surface area contributed by atoms with Crippen LogP contribution in [0.25, 0.3) is 0 Å². The quantitative estimate of drug-likeness (QED) is 0.340. The lowest BCUT2D eigenvalue weighted by Crippen LogP contribution is -2.08. The Morgan fingerprint density at radius 2 is 0.970 bits per heavy atom. The summed E-state index contributed by atoms with van der Waals surface area (Å²) in [6.07, 6.45) is 3.08. The van der Waals surface area contributed by atoms with E-state index < -0.39 is 9.84 Å². The molecule has 0 unspecified atom stereocenters. The maximum atomic E-state index is 12.6. The molecule has 0 saturated carbocycles. The SMILES string of the molecule is O=S(=O)(Cc1ccc(OCc2ccccc2)nc1)Cc1ccc(OCc2ccccc2)nc1. The van der Waals surface area contributed by atoms with Crippen LogP contribution in [0.4, 0.5) is 0 Å². The lowest BCUT2D eigenvalue weighted by Gasteiger charge is -2.08. The van der Waals surface area contributed by atoms with E-state index in [4.69, 9.17) is 9.47 Å². The smallest absolute Gasteiger partial charge is 0.213 e. The van der Waals surface area contributed by atoms with Gasteiger partial charge in [-0.15, -0.1) is 0 Å². The molecule has 0 N–H and O–H groups in total. The standard InChI is InChI=1S/C26H24N2O4S/c29-33(30,19-23-11-13-25(27-15-23)31-17-21-7-3-1-4-8-21)20-24-12-14-26(28-16-24)32-18-22-9-5-2-6-10-22/h1-16H,17-20H2. The second-order valence-electron chi connectivity index (χ2n) is 7.59. The Morgan fingerprint density at radius 3 is 1.33 bits per heavy atom. The molecular formula is C26H24N2O4S. The van der Waals surface area contributed by atoms with Crippen LogP contribution in [0.2, 0.25) is 0 Å². The van der Waals surface area contributed by atoms with E-state index in [1.165, 1.54) is 12.4 Å². The largest absolute Gasteiger partial charge is 0.473 e. The molecule has 0 aliphatic carbocycles. The van der Waals surface area contributed by atoms with Crippen molar-refractivity contribution in [1.82, 2.24) is 9.97 Å². The fraction of sp³-hybridized carbons (Fsp3) is 0.154. The Kier molecular flexibility index (Phi) is 7.32. The third-order valence-electron chi connectivity index (χ3n) is 4.83. The van der Waals surface area contributed by atoms with Gasteiger partial charge in [-0.3, -0.25) is 0 Å². The first-order valence-corrected chi connectivity index (χ1v) is 12.3. The van der Waals surface area contributed by atoms with Crippen molar-refractivity contribution in [3.63, 3.8) is 0 Å². The first-order chi connectivity index (χ1) is 16.1. The van der Waals surface area contributed by atoms with Gasteiger partial charge in [-0.2, -0.15) is 0 Å². The molecule has 0 fully saturated rings. The average Bonchev–Trinajstić information content (AvgIpc) is 2.84. The Morgan fingerprint density at radius 1 is 0.545 bits per heavy atom. The van der Waals surface area contributed by atoms with Crippen LogP contribution in [-0.2, 0) is 34.6 Å². The van der Waals surface area contributed by atoms with Crippen LogP contribution in [0.1, 0.15) is 22.3 Å². The summed E-state index contributed by atoms with van der Waals surface area (Å²) in [6.45, 7) is 0.813. The normalized spacial score (nSPS) is 11.2. The van der Waals surface area contributed by atoms with Crippen molar-refractivity contribution in [2.75, 3.05) is 0 Å². The van der Waals surface area contributed by atoms with Gasteiger partial charge in [0.25, 0.3) is 0 Å². The van der Waals surface area contributed by atoms with Crippen LogP contribution in [0.15, 0.2) is 97.3 Å². The Balaban J connectivity index is 1.28. The second-order valence-corrected chi connectivity index (χ2v) is 9.65. The summed E-state index contributed by atoms with van der Waals surface area (Å²) in [5.74, 6) is 0.696.